The van der Waals surface area contributed by atoms with Gasteiger partial charge in [0, 0.05) is 37.7 Å². The summed E-state index contributed by atoms with van der Waals surface area (Å²) < 4.78 is 11.2. The fraction of sp³-hybridized carbons (Fsp3) is 0.375. The van der Waals surface area contributed by atoms with Crippen molar-refractivity contribution in [1.82, 2.24) is 30.8 Å². The molecule has 0 unspecified atom stereocenters. The number of benzene rings is 2. The molecule has 2 atom stereocenters. The highest BCUT2D eigenvalue weighted by atomic mass is 16.7. The average molecular weight is 451 g/mol. The van der Waals surface area contributed by atoms with Crippen molar-refractivity contribution >= 4 is 16.8 Å². The SMILES string of the molecule is CNN(C)CN1[C@H](c2ccc3c(c2)OCO3)c2[nH]c3ccccc3c2C[C@@H]1C(=O)N(C)NC. The number of rotatable bonds is 6. The molecule has 1 amide bonds. The Bertz CT molecular complexity index is 1180. The molecule has 0 fully saturated rings. The summed E-state index contributed by atoms with van der Waals surface area (Å²) in [5.41, 5.74) is 10.6. The molecule has 0 aliphatic carbocycles. The van der Waals surface area contributed by atoms with Crippen LogP contribution >= 0.6 is 0 Å². The third-order valence-corrected chi connectivity index (χ3v) is 6.67. The maximum Gasteiger partial charge on any atom is 0.254 e. The highest BCUT2D eigenvalue weighted by Crippen LogP contribution is 2.43. The second-order valence-corrected chi connectivity index (χ2v) is 8.50. The maximum absolute atomic E-state index is 13.6. The summed E-state index contributed by atoms with van der Waals surface area (Å²) in [4.78, 5) is 19.5. The van der Waals surface area contributed by atoms with Crippen molar-refractivity contribution in [3.63, 3.8) is 0 Å². The Balaban J connectivity index is 1.70. The molecule has 1 aromatic heterocycles. The number of hydrazine groups is 2. The standard InChI is InChI=1S/C24H30N6O3/c1-25-28(3)13-30-19(24(31)29(4)26-2)12-17-16-7-5-6-8-18(16)27-22(17)23(30)15-9-10-20-21(11-15)33-14-32-20/h5-11,19,23,25-27H,12-14H2,1-4H3/t19-,23-/m1/s1. The van der Waals surface area contributed by atoms with Gasteiger partial charge in [-0.2, -0.15) is 0 Å². The summed E-state index contributed by atoms with van der Waals surface area (Å²) >= 11 is 0. The van der Waals surface area contributed by atoms with Gasteiger partial charge in [-0.1, -0.05) is 24.3 Å². The zero-order chi connectivity index (χ0) is 23.1. The minimum atomic E-state index is -0.361. The van der Waals surface area contributed by atoms with Crippen molar-refractivity contribution in [3.05, 3.63) is 59.3 Å². The molecule has 174 valence electrons. The molecule has 9 heteroatoms. The van der Waals surface area contributed by atoms with Gasteiger partial charge in [0.2, 0.25) is 6.79 Å². The number of ether oxygens (including phenoxy) is 2. The molecular formula is C24H30N6O3. The van der Waals surface area contributed by atoms with Crippen LogP contribution < -0.4 is 20.3 Å². The number of aromatic amines is 1. The van der Waals surface area contributed by atoms with E-state index in [9.17, 15) is 4.79 Å². The van der Waals surface area contributed by atoms with Crippen LogP contribution in [-0.2, 0) is 11.2 Å². The van der Waals surface area contributed by atoms with E-state index in [1.165, 1.54) is 5.56 Å². The van der Waals surface area contributed by atoms with E-state index in [0.717, 1.165) is 33.7 Å². The number of hydrogen-bond donors (Lipinski definition) is 3. The molecule has 33 heavy (non-hydrogen) atoms. The van der Waals surface area contributed by atoms with Gasteiger partial charge in [-0.3, -0.25) is 20.1 Å². The molecule has 2 aromatic carbocycles. The molecule has 3 N–H and O–H groups in total. The van der Waals surface area contributed by atoms with E-state index < -0.39 is 0 Å². The van der Waals surface area contributed by atoms with Gasteiger partial charge in [-0.05, 0) is 42.8 Å². The van der Waals surface area contributed by atoms with Gasteiger partial charge in [0.25, 0.3) is 5.91 Å². The van der Waals surface area contributed by atoms with Crippen LogP contribution in [0.5, 0.6) is 11.5 Å². The lowest BCUT2D eigenvalue weighted by molar-refractivity contribution is -0.140. The molecule has 0 bridgehead atoms. The largest absolute Gasteiger partial charge is 0.454 e. The summed E-state index contributed by atoms with van der Waals surface area (Å²) in [7, 11) is 7.38. The Morgan fingerprint density at radius 1 is 1.12 bits per heavy atom. The van der Waals surface area contributed by atoms with Crippen LogP contribution in [0.15, 0.2) is 42.5 Å². The van der Waals surface area contributed by atoms with Crippen molar-refractivity contribution in [3.8, 4) is 11.5 Å². The van der Waals surface area contributed by atoms with Crippen LogP contribution in [0.2, 0.25) is 0 Å². The quantitative estimate of drug-likeness (QED) is 0.494. The summed E-state index contributed by atoms with van der Waals surface area (Å²) in [5, 5.41) is 4.70. The van der Waals surface area contributed by atoms with Crippen molar-refractivity contribution in [1.29, 1.82) is 0 Å². The van der Waals surface area contributed by atoms with Crippen molar-refractivity contribution in [2.24, 2.45) is 0 Å². The van der Waals surface area contributed by atoms with E-state index in [4.69, 9.17) is 9.47 Å². The van der Waals surface area contributed by atoms with Crippen LogP contribution in [0, 0.1) is 0 Å². The zero-order valence-corrected chi connectivity index (χ0v) is 19.4. The second-order valence-electron chi connectivity index (χ2n) is 8.50. The summed E-state index contributed by atoms with van der Waals surface area (Å²) in [6, 6.07) is 13.8. The smallest absolute Gasteiger partial charge is 0.254 e. The van der Waals surface area contributed by atoms with E-state index in [1.807, 2.05) is 43.4 Å². The summed E-state index contributed by atoms with van der Waals surface area (Å²) in [6.07, 6.45) is 0.614. The number of carbonyl (C=O) groups excluding carboxylic acids is 1. The number of amides is 1. The minimum absolute atomic E-state index is 0.0173. The lowest BCUT2D eigenvalue weighted by Crippen LogP contribution is -2.58. The van der Waals surface area contributed by atoms with E-state index in [0.29, 0.717) is 13.1 Å². The lowest BCUT2D eigenvalue weighted by Gasteiger charge is -2.43. The second kappa shape index (κ2) is 8.68. The van der Waals surface area contributed by atoms with Crippen molar-refractivity contribution in [2.45, 2.75) is 18.5 Å². The molecular weight excluding hydrogens is 420 g/mol. The molecule has 0 saturated heterocycles. The molecule has 2 aliphatic heterocycles. The molecule has 0 saturated carbocycles. The maximum atomic E-state index is 13.6. The number of fused-ring (bicyclic) bond motifs is 4. The number of aromatic nitrogens is 1. The normalized spacial score (nSPS) is 19.8. The van der Waals surface area contributed by atoms with Crippen LogP contribution in [-0.4, -0.2) is 73.5 Å². The highest BCUT2D eigenvalue weighted by Gasteiger charge is 2.42. The molecule has 0 spiro atoms. The van der Waals surface area contributed by atoms with Crippen LogP contribution in [0.3, 0.4) is 0 Å². The Hall–Kier alpha value is -3.11. The molecule has 2 aliphatic rings. The van der Waals surface area contributed by atoms with Crippen LogP contribution in [0.25, 0.3) is 10.9 Å². The number of H-pyrrole nitrogens is 1. The van der Waals surface area contributed by atoms with E-state index in [-0.39, 0.29) is 24.8 Å². The number of nitrogens with zero attached hydrogens (tertiary/aromatic N) is 3. The van der Waals surface area contributed by atoms with Crippen molar-refractivity contribution < 1.29 is 14.3 Å². The first kappa shape index (κ1) is 21.7. The fourth-order valence-corrected chi connectivity index (χ4v) is 4.83. The van der Waals surface area contributed by atoms with Crippen molar-refractivity contribution in [2.75, 3.05) is 41.7 Å². The number of hydrogen-bond acceptors (Lipinski definition) is 7. The van der Waals surface area contributed by atoms with Gasteiger partial charge in [0.05, 0.1) is 18.8 Å². The third kappa shape index (κ3) is 3.72. The Morgan fingerprint density at radius 3 is 2.70 bits per heavy atom. The predicted octanol–water partition coefficient (Wildman–Crippen LogP) is 1.83. The summed E-state index contributed by atoms with van der Waals surface area (Å²) in [5.74, 6) is 1.49. The van der Waals surface area contributed by atoms with Crippen LogP contribution in [0.4, 0.5) is 0 Å². The van der Waals surface area contributed by atoms with Gasteiger partial charge in [-0.15, -0.1) is 0 Å². The monoisotopic (exact) mass is 450 g/mol. The molecule has 3 heterocycles. The van der Waals surface area contributed by atoms with Gasteiger partial charge in [0.15, 0.2) is 11.5 Å². The molecule has 3 aromatic rings. The molecule has 9 nitrogen and oxygen atoms in total. The highest BCUT2D eigenvalue weighted by molar-refractivity contribution is 5.88. The Labute approximate surface area is 193 Å². The van der Waals surface area contributed by atoms with Gasteiger partial charge >= 0.3 is 0 Å². The molecule has 5 rings (SSSR count). The number of carbonyl (C=O) groups is 1. The Morgan fingerprint density at radius 2 is 1.91 bits per heavy atom. The van der Waals surface area contributed by atoms with Gasteiger partial charge in [-0.25, -0.2) is 10.4 Å². The zero-order valence-electron chi connectivity index (χ0n) is 19.4. The van der Waals surface area contributed by atoms with Crippen LogP contribution in [0.1, 0.15) is 22.9 Å². The van der Waals surface area contributed by atoms with E-state index >= 15 is 0 Å². The molecule has 0 radical (unpaired) electrons. The first-order chi connectivity index (χ1) is 16.0. The summed E-state index contributed by atoms with van der Waals surface area (Å²) in [6.45, 7) is 0.764. The van der Waals surface area contributed by atoms with Gasteiger partial charge < -0.3 is 14.5 Å². The van der Waals surface area contributed by atoms with E-state index in [2.05, 4.69) is 38.9 Å². The average Bonchev–Trinajstić information content (AvgIpc) is 3.46. The third-order valence-electron chi connectivity index (χ3n) is 6.67. The topological polar surface area (TPSA) is 85.1 Å². The van der Waals surface area contributed by atoms with E-state index in [1.54, 1.807) is 19.1 Å². The first-order valence-corrected chi connectivity index (χ1v) is 11.1. The van der Waals surface area contributed by atoms with Gasteiger partial charge in [0.1, 0.15) is 0 Å². The minimum Gasteiger partial charge on any atom is -0.454 e. The number of para-hydroxylation sites is 1. The Kier molecular flexibility index (Phi) is 5.71. The first-order valence-electron chi connectivity index (χ1n) is 11.1. The fourth-order valence-electron chi connectivity index (χ4n) is 4.83. The lowest BCUT2D eigenvalue weighted by atomic mass is 9.87. The number of likely N-dealkylation sites (N-methyl/N-ethyl adjacent to an activating group) is 1. The number of nitrogens with one attached hydrogen (secondary N) is 3. The predicted molar refractivity (Wildman–Crippen MR) is 126 cm³/mol.